The Morgan fingerprint density at radius 3 is 2.61 bits per heavy atom. The van der Waals surface area contributed by atoms with Gasteiger partial charge in [-0.3, -0.25) is 4.79 Å². The summed E-state index contributed by atoms with van der Waals surface area (Å²) in [7, 11) is 0. The average Bonchev–Trinajstić information content (AvgIpc) is 2.75. The number of hydrogen-bond donors (Lipinski definition) is 0. The minimum absolute atomic E-state index is 0.146. The topological polar surface area (TPSA) is 32.8 Å². The van der Waals surface area contributed by atoms with Gasteiger partial charge in [0.1, 0.15) is 6.61 Å². The van der Waals surface area contributed by atoms with E-state index in [4.69, 9.17) is 4.74 Å². The monoisotopic (exact) mass is 324 g/mol. The number of halogens is 2. The van der Waals surface area contributed by atoms with E-state index in [-0.39, 0.29) is 19.1 Å². The second-order valence-corrected chi connectivity index (χ2v) is 6.20. The fourth-order valence-corrected chi connectivity index (χ4v) is 3.21. The highest BCUT2D eigenvalue weighted by Gasteiger charge is 2.37. The van der Waals surface area contributed by atoms with Crippen molar-refractivity contribution in [2.75, 3.05) is 44.3 Å². The van der Waals surface area contributed by atoms with Crippen molar-refractivity contribution in [3.05, 3.63) is 29.8 Å². The van der Waals surface area contributed by atoms with Gasteiger partial charge in [-0.25, -0.2) is 8.78 Å². The molecule has 6 heteroatoms. The summed E-state index contributed by atoms with van der Waals surface area (Å²) in [5.41, 5.74) is 1.36. The summed E-state index contributed by atoms with van der Waals surface area (Å²) in [5.74, 6) is -3.33. The summed E-state index contributed by atoms with van der Waals surface area (Å²) in [6.45, 7) is 0.952. The molecule has 3 rings (SSSR count). The van der Waals surface area contributed by atoms with Gasteiger partial charge >= 0.3 is 0 Å². The smallest absolute Gasteiger partial charge is 0.288 e. The molecule has 2 saturated heterocycles. The standard InChI is InChI=1S/C17H22F2N2O2/c18-17(19)12-21(10-11-23-13-17)16(22)14-6-2-3-7-15(14)20-8-4-1-5-9-20/h2-3,6-7H,1,4-5,8-13H2. The van der Waals surface area contributed by atoms with Gasteiger partial charge in [-0.1, -0.05) is 12.1 Å². The maximum absolute atomic E-state index is 13.7. The number of nitrogens with zero attached hydrogens (tertiary/aromatic N) is 2. The van der Waals surface area contributed by atoms with E-state index in [1.165, 1.54) is 11.3 Å². The molecule has 2 aliphatic heterocycles. The highest BCUT2D eigenvalue weighted by Crippen LogP contribution is 2.27. The summed E-state index contributed by atoms with van der Waals surface area (Å²) in [6.07, 6.45) is 3.39. The lowest BCUT2D eigenvalue weighted by Crippen LogP contribution is -2.42. The molecule has 0 atom stereocenters. The predicted molar refractivity (Wildman–Crippen MR) is 84.2 cm³/mol. The Balaban J connectivity index is 1.84. The number of benzene rings is 1. The molecule has 0 radical (unpaired) electrons. The SMILES string of the molecule is O=C(c1ccccc1N1CCCCC1)N1CCOCC(F)(F)C1. The second-order valence-electron chi connectivity index (χ2n) is 6.20. The van der Waals surface area contributed by atoms with Crippen molar-refractivity contribution in [1.29, 1.82) is 0 Å². The van der Waals surface area contributed by atoms with Crippen LogP contribution in [0.25, 0.3) is 0 Å². The molecule has 0 N–H and O–H groups in total. The number of hydrogen-bond acceptors (Lipinski definition) is 3. The molecule has 0 aromatic heterocycles. The molecular formula is C17H22F2N2O2. The summed E-state index contributed by atoms with van der Waals surface area (Å²) >= 11 is 0. The maximum Gasteiger partial charge on any atom is 0.288 e. The molecule has 1 amide bonds. The minimum Gasteiger partial charge on any atom is -0.373 e. The van der Waals surface area contributed by atoms with E-state index in [1.54, 1.807) is 12.1 Å². The fraction of sp³-hybridized carbons (Fsp3) is 0.588. The van der Waals surface area contributed by atoms with Crippen LogP contribution in [0.15, 0.2) is 24.3 Å². The van der Waals surface area contributed by atoms with Gasteiger partial charge in [-0.2, -0.15) is 0 Å². The normalized spacial score (nSPS) is 21.8. The lowest BCUT2D eigenvalue weighted by atomic mass is 10.1. The Hall–Kier alpha value is -1.69. The van der Waals surface area contributed by atoms with E-state index >= 15 is 0 Å². The number of para-hydroxylation sites is 1. The summed E-state index contributed by atoms with van der Waals surface area (Å²) < 4.78 is 32.4. The van der Waals surface area contributed by atoms with Crippen molar-refractivity contribution in [2.45, 2.75) is 25.2 Å². The van der Waals surface area contributed by atoms with E-state index in [9.17, 15) is 13.6 Å². The highest BCUT2D eigenvalue weighted by atomic mass is 19.3. The lowest BCUT2D eigenvalue weighted by molar-refractivity contribution is -0.0660. The summed E-state index contributed by atoms with van der Waals surface area (Å²) in [5, 5.41) is 0. The second kappa shape index (κ2) is 6.83. The van der Waals surface area contributed by atoms with E-state index in [0.29, 0.717) is 5.56 Å². The molecule has 0 saturated carbocycles. The molecule has 0 bridgehead atoms. The molecule has 23 heavy (non-hydrogen) atoms. The third kappa shape index (κ3) is 3.80. The Labute approximate surface area is 135 Å². The van der Waals surface area contributed by atoms with Crippen LogP contribution >= 0.6 is 0 Å². The first-order chi connectivity index (χ1) is 11.1. The first-order valence-corrected chi connectivity index (χ1v) is 8.16. The molecule has 1 aromatic rings. The third-order valence-corrected chi connectivity index (χ3v) is 4.36. The minimum atomic E-state index is -2.99. The number of amides is 1. The number of piperidine rings is 1. The molecule has 126 valence electrons. The van der Waals surface area contributed by atoms with Crippen molar-refractivity contribution in [3.8, 4) is 0 Å². The molecule has 0 spiro atoms. The van der Waals surface area contributed by atoms with Crippen molar-refractivity contribution in [3.63, 3.8) is 0 Å². The fourth-order valence-electron chi connectivity index (χ4n) is 3.21. The molecule has 2 heterocycles. The largest absolute Gasteiger partial charge is 0.373 e. The van der Waals surface area contributed by atoms with Gasteiger partial charge in [0.05, 0.1) is 18.7 Å². The van der Waals surface area contributed by atoms with E-state index in [0.717, 1.165) is 31.6 Å². The van der Waals surface area contributed by atoms with Gasteiger partial charge < -0.3 is 14.5 Å². The number of rotatable bonds is 2. The van der Waals surface area contributed by atoms with Crippen LogP contribution in [-0.2, 0) is 4.74 Å². The number of ether oxygens (including phenoxy) is 1. The number of carbonyl (C=O) groups excluding carboxylic acids is 1. The number of alkyl halides is 2. The summed E-state index contributed by atoms with van der Waals surface area (Å²) in [4.78, 5) is 16.2. The van der Waals surface area contributed by atoms with Gasteiger partial charge in [-0.15, -0.1) is 0 Å². The van der Waals surface area contributed by atoms with Crippen LogP contribution in [0.2, 0.25) is 0 Å². The quantitative estimate of drug-likeness (QED) is 0.839. The predicted octanol–water partition coefficient (Wildman–Crippen LogP) is 2.78. The van der Waals surface area contributed by atoms with Crippen LogP contribution in [0, 0.1) is 0 Å². The zero-order chi connectivity index (χ0) is 16.3. The Kier molecular flexibility index (Phi) is 4.80. The van der Waals surface area contributed by atoms with Crippen LogP contribution in [0.4, 0.5) is 14.5 Å². The molecular weight excluding hydrogens is 302 g/mol. The van der Waals surface area contributed by atoms with Crippen molar-refractivity contribution in [2.24, 2.45) is 0 Å². The molecule has 2 aliphatic rings. The van der Waals surface area contributed by atoms with Crippen molar-refractivity contribution < 1.29 is 18.3 Å². The first kappa shape index (κ1) is 16.2. The van der Waals surface area contributed by atoms with Gasteiger partial charge in [-0.05, 0) is 31.4 Å². The summed E-state index contributed by atoms with van der Waals surface area (Å²) in [6, 6.07) is 7.31. The van der Waals surface area contributed by atoms with Crippen LogP contribution < -0.4 is 4.90 Å². The zero-order valence-electron chi connectivity index (χ0n) is 13.1. The Morgan fingerprint density at radius 1 is 1.09 bits per heavy atom. The van der Waals surface area contributed by atoms with E-state index in [1.807, 2.05) is 12.1 Å². The Morgan fingerprint density at radius 2 is 1.83 bits per heavy atom. The van der Waals surface area contributed by atoms with Crippen LogP contribution in [-0.4, -0.2) is 56.1 Å². The lowest BCUT2D eigenvalue weighted by Gasteiger charge is -2.31. The molecule has 2 fully saturated rings. The number of anilines is 1. The third-order valence-electron chi connectivity index (χ3n) is 4.36. The highest BCUT2D eigenvalue weighted by molar-refractivity contribution is 6.00. The van der Waals surface area contributed by atoms with Crippen LogP contribution in [0.5, 0.6) is 0 Å². The Bertz CT molecular complexity index is 559. The molecule has 0 aliphatic carbocycles. The van der Waals surface area contributed by atoms with E-state index < -0.39 is 19.1 Å². The van der Waals surface area contributed by atoms with Crippen molar-refractivity contribution in [1.82, 2.24) is 4.90 Å². The van der Waals surface area contributed by atoms with Crippen LogP contribution in [0.1, 0.15) is 29.6 Å². The molecule has 1 aromatic carbocycles. The maximum atomic E-state index is 13.7. The molecule has 0 unspecified atom stereocenters. The zero-order valence-corrected chi connectivity index (χ0v) is 13.1. The van der Waals surface area contributed by atoms with Gasteiger partial charge in [0.25, 0.3) is 11.8 Å². The first-order valence-electron chi connectivity index (χ1n) is 8.16. The van der Waals surface area contributed by atoms with Gasteiger partial charge in [0.2, 0.25) is 0 Å². The van der Waals surface area contributed by atoms with Gasteiger partial charge in [0, 0.05) is 25.3 Å². The van der Waals surface area contributed by atoms with Gasteiger partial charge in [0.15, 0.2) is 0 Å². The van der Waals surface area contributed by atoms with E-state index in [2.05, 4.69) is 4.90 Å². The van der Waals surface area contributed by atoms with Crippen molar-refractivity contribution >= 4 is 11.6 Å². The van der Waals surface area contributed by atoms with Crippen LogP contribution in [0.3, 0.4) is 0 Å². The molecule has 4 nitrogen and oxygen atoms in total. The average molecular weight is 324 g/mol. The number of carbonyl (C=O) groups is 1.